The first kappa shape index (κ1) is 11.5. The van der Waals surface area contributed by atoms with Gasteiger partial charge in [0, 0.05) is 43.7 Å². The lowest BCUT2D eigenvalue weighted by Gasteiger charge is -2.07. The van der Waals surface area contributed by atoms with Gasteiger partial charge < -0.3 is 20.1 Å². The van der Waals surface area contributed by atoms with Crippen LogP contribution >= 0.6 is 0 Å². The highest BCUT2D eigenvalue weighted by molar-refractivity contribution is 5.38. The Kier molecular flexibility index (Phi) is 3.62. The molecule has 0 fully saturated rings. The van der Waals surface area contributed by atoms with Gasteiger partial charge >= 0.3 is 0 Å². The van der Waals surface area contributed by atoms with Crippen molar-refractivity contribution in [3.05, 3.63) is 42.5 Å². The van der Waals surface area contributed by atoms with Crippen molar-refractivity contribution in [3.63, 3.8) is 0 Å². The molecule has 0 saturated heterocycles. The average Bonchev–Trinajstić information content (AvgIpc) is 2.79. The third-order valence-corrected chi connectivity index (χ3v) is 2.49. The topological polar surface area (TPSA) is 70.3 Å². The van der Waals surface area contributed by atoms with Crippen LogP contribution in [0.15, 0.2) is 36.9 Å². The molecule has 5 heteroatoms. The van der Waals surface area contributed by atoms with Crippen molar-refractivity contribution < 1.29 is 10.2 Å². The number of aromatic hydroxyl groups is 2. The quantitative estimate of drug-likeness (QED) is 0.676. The number of nitrogens with zero attached hydrogens (tertiary/aromatic N) is 2. The molecule has 2 aromatic rings. The zero-order chi connectivity index (χ0) is 12.1. The van der Waals surface area contributed by atoms with Crippen molar-refractivity contribution in [2.24, 2.45) is 0 Å². The molecule has 0 bridgehead atoms. The van der Waals surface area contributed by atoms with Crippen molar-refractivity contribution in [2.45, 2.75) is 13.1 Å². The van der Waals surface area contributed by atoms with Crippen LogP contribution in [0.3, 0.4) is 0 Å². The Balaban J connectivity index is 1.78. The minimum atomic E-state index is 0.0738. The number of hydrogen-bond donors (Lipinski definition) is 3. The second-order valence-electron chi connectivity index (χ2n) is 3.79. The fraction of sp³-hybridized carbons (Fsp3) is 0.250. The van der Waals surface area contributed by atoms with Crippen LogP contribution in [0.4, 0.5) is 0 Å². The van der Waals surface area contributed by atoms with Gasteiger partial charge in [0.1, 0.15) is 11.5 Å². The molecule has 0 saturated carbocycles. The SMILES string of the molecule is Oc1ccc(CNCCn2ccnc2)c(O)c1. The molecule has 90 valence electrons. The van der Waals surface area contributed by atoms with E-state index in [9.17, 15) is 5.11 Å². The van der Waals surface area contributed by atoms with E-state index in [-0.39, 0.29) is 11.5 Å². The number of hydrogen-bond acceptors (Lipinski definition) is 4. The van der Waals surface area contributed by atoms with Gasteiger partial charge in [-0.05, 0) is 6.07 Å². The van der Waals surface area contributed by atoms with Gasteiger partial charge in [-0.1, -0.05) is 6.07 Å². The van der Waals surface area contributed by atoms with Crippen LogP contribution in [0.5, 0.6) is 11.5 Å². The number of phenolic OH excluding ortho intramolecular Hbond substituents is 2. The summed E-state index contributed by atoms with van der Waals surface area (Å²) in [5.41, 5.74) is 0.772. The van der Waals surface area contributed by atoms with E-state index in [0.29, 0.717) is 6.54 Å². The summed E-state index contributed by atoms with van der Waals surface area (Å²) in [6, 6.07) is 4.61. The predicted molar refractivity (Wildman–Crippen MR) is 63.7 cm³/mol. The Labute approximate surface area is 99.4 Å². The summed E-state index contributed by atoms with van der Waals surface area (Å²) in [7, 11) is 0. The second-order valence-corrected chi connectivity index (χ2v) is 3.79. The van der Waals surface area contributed by atoms with E-state index in [2.05, 4.69) is 10.3 Å². The average molecular weight is 233 g/mol. The molecule has 17 heavy (non-hydrogen) atoms. The van der Waals surface area contributed by atoms with E-state index >= 15 is 0 Å². The summed E-state index contributed by atoms with van der Waals surface area (Å²) in [5, 5.41) is 21.9. The third-order valence-electron chi connectivity index (χ3n) is 2.49. The number of aromatic nitrogens is 2. The van der Waals surface area contributed by atoms with E-state index in [1.54, 1.807) is 24.7 Å². The van der Waals surface area contributed by atoms with E-state index < -0.39 is 0 Å². The summed E-state index contributed by atoms with van der Waals surface area (Å²) in [6.07, 6.45) is 5.41. The monoisotopic (exact) mass is 233 g/mol. The van der Waals surface area contributed by atoms with Gasteiger partial charge in [-0.2, -0.15) is 0 Å². The lowest BCUT2D eigenvalue weighted by molar-refractivity contribution is 0.443. The predicted octanol–water partition coefficient (Wildman–Crippen LogP) is 1.08. The van der Waals surface area contributed by atoms with Crippen molar-refractivity contribution in [2.75, 3.05) is 6.54 Å². The first-order valence-corrected chi connectivity index (χ1v) is 5.43. The molecule has 1 heterocycles. The molecular weight excluding hydrogens is 218 g/mol. The van der Waals surface area contributed by atoms with Gasteiger partial charge in [0.05, 0.1) is 6.33 Å². The Morgan fingerprint density at radius 2 is 2.18 bits per heavy atom. The van der Waals surface area contributed by atoms with Gasteiger partial charge in [0.15, 0.2) is 0 Å². The van der Waals surface area contributed by atoms with Gasteiger partial charge in [-0.15, -0.1) is 0 Å². The molecule has 0 aliphatic heterocycles. The molecule has 2 rings (SSSR count). The largest absolute Gasteiger partial charge is 0.508 e. The second kappa shape index (κ2) is 5.36. The number of phenols is 2. The first-order chi connectivity index (χ1) is 8.25. The number of nitrogens with one attached hydrogen (secondary N) is 1. The number of imidazole rings is 1. The Morgan fingerprint density at radius 3 is 2.88 bits per heavy atom. The molecule has 3 N–H and O–H groups in total. The molecular formula is C12H15N3O2. The van der Waals surface area contributed by atoms with E-state index in [4.69, 9.17) is 5.11 Å². The highest BCUT2D eigenvalue weighted by Crippen LogP contribution is 2.21. The maximum atomic E-state index is 9.56. The summed E-state index contributed by atoms with van der Waals surface area (Å²) in [4.78, 5) is 3.95. The van der Waals surface area contributed by atoms with Crippen LogP contribution in [-0.4, -0.2) is 26.3 Å². The number of rotatable bonds is 5. The highest BCUT2D eigenvalue weighted by Gasteiger charge is 2.01. The molecule has 0 atom stereocenters. The van der Waals surface area contributed by atoms with Gasteiger partial charge in [-0.25, -0.2) is 4.98 Å². The van der Waals surface area contributed by atoms with Crippen LogP contribution in [0.25, 0.3) is 0 Å². The Bertz CT molecular complexity index is 469. The van der Waals surface area contributed by atoms with Crippen molar-refractivity contribution in [1.29, 1.82) is 0 Å². The molecule has 0 unspecified atom stereocenters. The van der Waals surface area contributed by atoms with Crippen molar-refractivity contribution in [1.82, 2.24) is 14.9 Å². The molecule has 0 amide bonds. The van der Waals surface area contributed by atoms with Gasteiger partial charge in [0.25, 0.3) is 0 Å². The minimum Gasteiger partial charge on any atom is -0.508 e. The van der Waals surface area contributed by atoms with E-state index in [1.807, 2.05) is 10.8 Å². The lowest BCUT2D eigenvalue weighted by atomic mass is 10.2. The smallest absolute Gasteiger partial charge is 0.123 e. The van der Waals surface area contributed by atoms with E-state index in [1.165, 1.54) is 6.07 Å². The van der Waals surface area contributed by atoms with Crippen LogP contribution in [0.2, 0.25) is 0 Å². The Hall–Kier alpha value is -2.01. The van der Waals surface area contributed by atoms with E-state index in [0.717, 1.165) is 18.7 Å². The Morgan fingerprint density at radius 1 is 1.29 bits per heavy atom. The molecule has 0 radical (unpaired) electrons. The molecule has 1 aromatic heterocycles. The summed E-state index contributed by atoms with van der Waals surface area (Å²) < 4.78 is 1.98. The summed E-state index contributed by atoms with van der Waals surface area (Å²) in [6.45, 7) is 2.19. The fourth-order valence-electron chi connectivity index (χ4n) is 1.55. The lowest BCUT2D eigenvalue weighted by Crippen LogP contribution is -2.18. The van der Waals surface area contributed by atoms with Crippen molar-refractivity contribution in [3.8, 4) is 11.5 Å². The number of benzene rings is 1. The molecule has 5 nitrogen and oxygen atoms in total. The van der Waals surface area contributed by atoms with Crippen molar-refractivity contribution >= 4 is 0 Å². The maximum absolute atomic E-state index is 9.56. The molecule has 0 aliphatic carbocycles. The first-order valence-electron chi connectivity index (χ1n) is 5.43. The molecule has 0 aliphatic rings. The zero-order valence-electron chi connectivity index (χ0n) is 9.37. The molecule has 0 spiro atoms. The fourth-order valence-corrected chi connectivity index (χ4v) is 1.55. The van der Waals surface area contributed by atoms with Gasteiger partial charge in [0.2, 0.25) is 0 Å². The van der Waals surface area contributed by atoms with Crippen LogP contribution in [-0.2, 0) is 13.1 Å². The standard InChI is InChI=1S/C12H15N3O2/c16-11-2-1-10(12(17)7-11)8-13-3-5-15-6-4-14-9-15/h1-2,4,6-7,9,13,16-17H,3,5,8H2. The minimum absolute atomic E-state index is 0.0738. The highest BCUT2D eigenvalue weighted by atomic mass is 16.3. The normalized spacial score (nSPS) is 10.6. The summed E-state index contributed by atoms with van der Waals surface area (Å²) >= 11 is 0. The van der Waals surface area contributed by atoms with Crippen LogP contribution in [0.1, 0.15) is 5.56 Å². The zero-order valence-corrected chi connectivity index (χ0v) is 9.37. The third kappa shape index (κ3) is 3.22. The van der Waals surface area contributed by atoms with Crippen LogP contribution in [0, 0.1) is 0 Å². The van der Waals surface area contributed by atoms with Crippen LogP contribution < -0.4 is 5.32 Å². The summed E-state index contributed by atoms with van der Waals surface area (Å²) in [5.74, 6) is 0.185. The molecule has 1 aromatic carbocycles. The van der Waals surface area contributed by atoms with Gasteiger partial charge in [-0.3, -0.25) is 0 Å². The maximum Gasteiger partial charge on any atom is 0.123 e.